The van der Waals surface area contributed by atoms with Crippen molar-refractivity contribution >= 4 is 11.4 Å². The molecule has 4 heteroatoms. The van der Waals surface area contributed by atoms with Crippen LogP contribution in [-0.4, -0.2) is 61.9 Å². The standard InChI is InChI=1S/C29H49N3O/c1-5-6-15-30-18-20-32(21-19-30)28-12-11-25(31-16-13-26(33)14-17-31)22-27(28)23-7-9-24(10-8-23)29(2,3)4/h11-12,22-24,26,33H,5-10,13-21H2,1-4H3. The molecule has 1 aromatic rings. The Hall–Kier alpha value is -1.26. The summed E-state index contributed by atoms with van der Waals surface area (Å²) < 4.78 is 0. The van der Waals surface area contributed by atoms with E-state index >= 15 is 0 Å². The minimum atomic E-state index is -0.114. The normalized spacial score (nSPS) is 26.1. The van der Waals surface area contributed by atoms with Crippen LogP contribution in [0.5, 0.6) is 0 Å². The van der Waals surface area contributed by atoms with Crippen LogP contribution in [0.25, 0.3) is 0 Å². The van der Waals surface area contributed by atoms with E-state index in [4.69, 9.17) is 0 Å². The Morgan fingerprint density at radius 1 is 0.848 bits per heavy atom. The quantitative estimate of drug-likeness (QED) is 0.579. The molecular weight excluding hydrogens is 406 g/mol. The average Bonchev–Trinajstić information content (AvgIpc) is 2.83. The summed E-state index contributed by atoms with van der Waals surface area (Å²) in [6, 6.07) is 7.34. The van der Waals surface area contributed by atoms with Crippen LogP contribution in [0.2, 0.25) is 0 Å². The molecule has 3 aliphatic rings. The third-order valence-corrected chi connectivity index (χ3v) is 8.77. The molecule has 0 amide bonds. The maximum Gasteiger partial charge on any atom is 0.0574 e. The number of hydrogen-bond acceptors (Lipinski definition) is 4. The molecule has 2 aliphatic heterocycles. The number of unbranched alkanes of at least 4 members (excludes halogenated alkanes) is 1. The van der Waals surface area contributed by atoms with Gasteiger partial charge < -0.3 is 14.9 Å². The highest BCUT2D eigenvalue weighted by Gasteiger charge is 2.32. The summed E-state index contributed by atoms with van der Waals surface area (Å²) in [6.45, 7) is 17.5. The number of benzene rings is 1. The molecule has 1 aliphatic carbocycles. The van der Waals surface area contributed by atoms with E-state index in [9.17, 15) is 5.11 Å². The maximum absolute atomic E-state index is 9.98. The number of aliphatic hydroxyl groups is 1. The first kappa shape index (κ1) is 24.9. The molecule has 3 fully saturated rings. The first-order valence-corrected chi connectivity index (χ1v) is 13.9. The van der Waals surface area contributed by atoms with Gasteiger partial charge in [0, 0.05) is 50.6 Å². The van der Waals surface area contributed by atoms with Crippen molar-refractivity contribution < 1.29 is 5.11 Å². The zero-order valence-corrected chi connectivity index (χ0v) is 21.9. The predicted molar refractivity (Wildman–Crippen MR) is 142 cm³/mol. The van der Waals surface area contributed by atoms with Gasteiger partial charge in [-0.3, -0.25) is 4.90 Å². The molecule has 0 radical (unpaired) electrons. The highest BCUT2D eigenvalue weighted by atomic mass is 16.3. The highest BCUT2D eigenvalue weighted by Crippen LogP contribution is 2.46. The number of nitrogens with zero attached hydrogens (tertiary/aromatic N) is 3. The van der Waals surface area contributed by atoms with Crippen molar-refractivity contribution in [3.05, 3.63) is 23.8 Å². The predicted octanol–water partition coefficient (Wildman–Crippen LogP) is 5.89. The zero-order valence-electron chi connectivity index (χ0n) is 21.9. The van der Waals surface area contributed by atoms with E-state index in [1.54, 1.807) is 5.56 Å². The summed E-state index contributed by atoms with van der Waals surface area (Å²) in [7, 11) is 0. The average molecular weight is 456 g/mol. The Morgan fingerprint density at radius 2 is 1.52 bits per heavy atom. The summed E-state index contributed by atoms with van der Waals surface area (Å²) in [5, 5.41) is 9.98. The minimum absolute atomic E-state index is 0.114. The summed E-state index contributed by atoms with van der Waals surface area (Å²) in [5.41, 5.74) is 4.91. The van der Waals surface area contributed by atoms with Crippen molar-refractivity contribution in [2.75, 3.05) is 55.6 Å². The summed E-state index contributed by atoms with van der Waals surface area (Å²) in [4.78, 5) is 7.84. The molecule has 4 rings (SSSR count). The molecule has 1 saturated carbocycles. The van der Waals surface area contributed by atoms with E-state index in [0.717, 1.165) is 44.9 Å². The molecule has 0 unspecified atom stereocenters. The lowest BCUT2D eigenvalue weighted by Crippen LogP contribution is -2.47. The monoisotopic (exact) mass is 455 g/mol. The van der Waals surface area contributed by atoms with Crippen molar-refractivity contribution in [1.82, 2.24) is 4.90 Å². The Labute approximate surface area is 203 Å². The van der Waals surface area contributed by atoms with Gasteiger partial charge in [0.05, 0.1) is 6.10 Å². The maximum atomic E-state index is 9.98. The van der Waals surface area contributed by atoms with Crippen molar-refractivity contribution in [1.29, 1.82) is 0 Å². The Kier molecular flexibility index (Phi) is 8.28. The number of aliphatic hydroxyl groups excluding tert-OH is 1. The summed E-state index contributed by atoms with van der Waals surface area (Å²) in [6.07, 6.45) is 9.66. The molecule has 33 heavy (non-hydrogen) atoms. The largest absolute Gasteiger partial charge is 0.393 e. The SMILES string of the molecule is CCCCN1CCN(c2ccc(N3CCC(O)CC3)cc2C2CCC(C(C)(C)C)CC2)CC1. The lowest BCUT2D eigenvalue weighted by molar-refractivity contribution is 0.145. The van der Waals surface area contributed by atoms with Gasteiger partial charge in [-0.1, -0.05) is 34.1 Å². The molecule has 0 spiro atoms. The number of piperazine rings is 1. The molecule has 0 aromatic heterocycles. The van der Waals surface area contributed by atoms with Crippen LogP contribution in [0.4, 0.5) is 11.4 Å². The van der Waals surface area contributed by atoms with Crippen molar-refractivity contribution in [2.45, 2.75) is 91.1 Å². The van der Waals surface area contributed by atoms with Crippen molar-refractivity contribution in [3.63, 3.8) is 0 Å². The van der Waals surface area contributed by atoms with Gasteiger partial charge in [-0.2, -0.15) is 0 Å². The van der Waals surface area contributed by atoms with Crippen LogP contribution in [0, 0.1) is 11.3 Å². The highest BCUT2D eigenvalue weighted by molar-refractivity contribution is 5.63. The number of hydrogen-bond donors (Lipinski definition) is 1. The smallest absolute Gasteiger partial charge is 0.0574 e. The molecule has 2 saturated heterocycles. The molecule has 4 nitrogen and oxygen atoms in total. The first-order valence-electron chi connectivity index (χ1n) is 13.9. The van der Waals surface area contributed by atoms with Crippen molar-refractivity contribution in [3.8, 4) is 0 Å². The molecule has 1 N–H and O–H groups in total. The van der Waals surface area contributed by atoms with E-state index in [0.29, 0.717) is 11.3 Å². The van der Waals surface area contributed by atoms with Gasteiger partial charge in [-0.15, -0.1) is 0 Å². The van der Waals surface area contributed by atoms with Gasteiger partial charge in [0.25, 0.3) is 0 Å². The first-order chi connectivity index (χ1) is 15.8. The lowest BCUT2D eigenvalue weighted by atomic mass is 9.68. The van der Waals surface area contributed by atoms with E-state index in [1.807, 2.05) is 0 Å². The van der Waals surface area contributed by atoms with E-state index in [-0.39, 0.29) is 6.10 Å². The van der Waals surface area contributed by atoms with Crippen LogP contribution in [0.1, 0.15) is 90.5 Å². The number of anilines is 2. The topological polar surface area (TPSA) is 30.0 Å². The molecule has 0 atom stereocenters. The minimum Gasteiger partial charge on any atom is -0.393 e. The van der Waals surface area contributed by atoms with Crippen LogP contribution < -0.4 is 9.80 Å². The van der Waals surface area contributed by atoms with E-state index in [2.05, 4.69) is 60.6 Å². The fraction of sp³-hybridized carbons (Fsp3) is 0.793. The Morgan fingerprint density at radius 3 is 2.12 bits per heavy atom. The third kappa shape index (κ3) is 6.25. The second kappa shape index (κ2) is 11.0. The molecular formula is C29H49N3O. The van der Waals surface area contributed by atoms with Gasteiger partial charge in [0.1, 0.15) is 0 Å². The van der Waals surface area contributed by atoms with E-state index < -0.39 is 0 Å². The fourth-order valence-corrected chi connectivity index (χ4v) is 6.34. The Bertz CT molecular complexity index is 734. The molecule has 2 heterocycles. The van der Waals surface area contributed by atoms with Crippen LogP contribution in [0.3, 0.4) is 0 Å². The van der Waals surface area contributed by atoms with Gasteiger partial charge in [-0.25, -0.2) is 0 Å². The molecule has 0 bridgehead atoms. The molecule has 186 valence electrons. The second-order valence-corrected chi connectivity index (χ2v) is 12.1. The Balaban J connectivity index is 1.52. The third-order valence-electron chi connectivity index (χ3n) is 8.77. The van der Waals surface area contributed by atoms with Crippen LogP contribution in [0.15, 0.2) is 18.2 Å². The van der Waals surface area contributed by atoms with E-state index in [1.165, 1.54) is 69.5 Å². The van der Waals surface area contributed by atoms with Gasteiger partial charge in [0.15, 0.2) is 0 Å². The van der Waals surface area contributed by atoms with Gasteiger partial charge in [-0.05, 0) is 92.5 Å². The molecule has 1 aromatic carbocycles. The number of piperidine rings is 1. The summed E-state index contributed by atoms with van der Waals surface area (Å²) >= 11 is 0. The van der Waals surface area contributed by atoms with Gasteiger partial charge in [0.2, 0.25) is 0 Å². The van der Waals surface area contributed by atoms with Crippen LogP contribution >= 0.6 is 0 Å². The zero-order chi connectivity index (χ0) is 23.4. The van der Waals surface area contributed by atoms with Crippen molar-refractivity contribution in [2.24, 2.45) is 11.3 Å². The fourth-order valence-electron chi connectivity index (χ4n) is 6.34. The second-order valence-electron chi connectivity index (χ2n) is 12.1. The summed E-state index contributed by atoms with van der Waals surface area (Å²) in [5.74, 6) is 1.54. The van der Waals surface area contributed by atoms with Gasteiger partial charge >= 0.3 is 0 Å². The van der Waals surface area contributed by atoms with Crippen LogP contribution in [-0.2, 0) is 0 Å². The number of rotatable bonds is 6. The lowest BCUT2D eigenvalue weighted by Gasteiger charge is -2.41.